The van der Waals surface area contributed by atoms with Gasteiger partial charge in [0, 0.05) is 0 Å². The fraction of sp³-hybridized carbons (Fsp3) is 0.400. The number of aliphatic carboxylic acids is 6. The van der Waals surface area contributed by atoms with Crippen molar-refractivity contribution in [1.82, 2.24) is 33.2 Å². The van der Waals surface area contributed by atoms with Crippen LogP contribution in [0.1, 0.15) is 0 Å². The van der Waals surface area contributed by atoms with E-state index in [4.69, 9.17) is 30.6 Å². The largest absolute Gasteiger partial charge is 0.480 e. The Morgan fingerprint density at radius 3 is 0.564 bits per heavy atom. The minimum absolute atomic E-state index is 0. The molecule has 228 valence electrons. The van der Waals surface area contributed by atoms with E-state index in [0.29, 0.717) is 0 Å². The molecule has 24 heteroatoms. The van der Waals surface area contributed by atoms with Crippen LogP contribution >= 0.6 is 36.7 Å². The van der Waals surface area contributed by atoms with Gasteiger partial charge in [0.15, 0.2) is 0 Å². The van der Waals surface area contributed by atoms with Gasteiger partial charge in [-0.25, -0.2) is 0 Å². The average molecular weight is 679 g/mol. The highest BCUT2D eigenvalue weighted by atomic mass is 32.1. The van der Waals surface area contributed by atoms with E-state index in [9.17, 15) is 28.8 Å². The van der Waals surface area contributed by atoms with Crippen molar-refractivity contribution in [3.8, 4) is 0 Å². The standard InChI is InChI=1S/3C5H7NO4S2.3H3N/c3*7-3(8)1-6(5(11)12)2-4(9)10;;;/h3*1-2H2,(H,7,8)(H,9,10)(H,11,12);3*1H3. The van der Waals surface area contributed by atoms with Crippen LogP contribution in [0.5, 0.6) is 0 Å². The van der Waals surface area contributed by atoms with Crippen molar-refractivity contribution >= 4 is 123 Å². The maximum atomic E-state index is 10.2. The third-order valence-corrected chi connectivity index (χ3v) is 4.28. The Morgan fingerprint density at radius 2 is 0.513 bits per heavy atom. The SMILES string of the molecule is O=C(O)CN(CC(=O)O)C(=S)[S-].O=C(O)CN(CC(=O)O)C(=S)[S-].O=C(O)CN(CC(=O)O)C(=S)[S-].[NH4+].[NH4+].[NH4+]. The van der Waals surface area contributed by atoms with Crippen molar-refractivity contribution in [1.29, 1.82) is 0 Å². The number of carboxylic acid groups (broad SMARTS) is 6. The summed E-state index contributed by atoms with van der Waals surface area (Å²) in [6, 6.07) is 0. The van der Waals surface area contributed by atoms with Crippen LogP contribution < -0.4 is 18.5 Å². The second-order valence-corrected chi connectivity index (χ2v) is 8.82. The molecule has 0 atom stereocenters. The van der Waals surface area contributed by atoms with Crippen LogP contribution in [0.3, 0.4) is 0 Å². The normalized spacial score (nSPS) is 8.31. The first-order valence-corrected chi connectivity index (χ1v) is 10.9. The van der Waals surface area contributed by atoms with E-state index in [1.54, 1.807) is 0 Å². The van der Waals surface area contributed by atoms with E-state index in [1.165, 1.54) is 0 Å². The van der Waals surface area contributed by atoms with E-state index < -0.39 is 75.1 Å². The summed E-state index contributed by atoms with van der Waals surface area (Å²) in [5.41, 5.74) is 0. The van der Waals surface area contributed by atoms with Crippen LogP contribution in [0, 0.1) is 0 Å². The zero-order valence-electron chi connectivity index (χ0n) is 20.7. The summed E-state index contributed by atoms with van der Waals surface area (Å²) in [7, 11) is 0. The topological polar surface area (TPSA) is 343 Å². The van der Waals surface area contributed by atoms with Crippen molar-refractivity contribution in [2.24, 2.45) is 0 Å². The van der Waals surface area contributed by atoms with Gasteiger partial charge in [0.25, 0.3) is 0 Å². The molecule has 0 aliphatic heterocycles. The van der Waals surface area contributed by atoms with Gasteiger partial charge in [-0.2, -0.15) is 0 Å². The Bertz CT molecular complexity index is 723. The smallest absolute Gasteiger partial charge is 0.323 e. The number of nitrogens with zero attached hydrogens (tertiary/aromatic N) is 3. The molecular formula is C15H30N6O12S6. The molecule has 0 aromatic heterocycles. The zero-order valence-corrected chi connectivity index (χ0v) is 25.6. The third kappa shape index (κ3) is 35.0. The van der Waals surface area contributed by atoms with Gasteiger partial charge in [0.1, 0.15) is 39.3 Å². The van der Waals surface area contributed by atoms with Gasteiger partial charge in [-0.15, -0.1) is 0 Å². The molecule has 0 spiro atoms. The minimum Gasteiger partial charge on any atom is -0.480 e. The Balaban J connectivity index is -0.000000101. The second-order valence-electron chi connectivity index (χ2n) is 5.73. The molecule has 39 heavy (non-hydrogen) atoms. The summed E-state index contributed by atoms with van der Waals surface area (Å²) < 4.78 is -0.459. The molecule has 0 rings (SSSR count). The first-order valence-electron chi connectivity index (χ1n) is 8.48. The maximum Gasteiger partial charge on any atom is 0.323 e. The van der Waals surface area contributed by atoms with Gasteiger partial charge in [0.2, 0.25) is 0 Å². The van der Waals surface area contributed by atoms with Gasteiger partial charge in [-0.1, -0.05) is 13.0 Å². The van der Waals surface area contributed by atoms with Crippen LogP contribution in [-0.4, -0.2) is 133 Å². The van der Waals surface area contributed by atoms with Gasteiger partial charge < -0.3 is 138 Å². The highest BCUT2D eigenvalue weighted by Crippen LogP contribution is 1.92. The fourth-order valence-corrected chi connectivity index (χ4v) is 2.31. The molecule has 0 fully saturated rings. The number of hydrogen-bond acceptors (Lipinski definition) is 12. The Morgan fingerprint density at radius 1 is 0.410 bits per heavy atom. The van der Waals surface area contributed by atoms with Gasteiger partial charge >= 0.3 is 35.8 Å². The molecule has 0 heterocycles. The number of thiocarbonyl (C=S) groups is 3. The van der Waals surface area contributed by atoms with Gasteiger partial charge in [0.05, 0.1) is 0 Å². The van der Waals surface area contributed by atoms with Crippen LogP contribution in [0.4, 0.5) is 0 Å². The molecule has 0 unspecified atom stereocenters. The quantitative estimate of drug-likeness (QED) is 0.0882. The van der Waals surface area contributed by atoms with E-state index in [1.807, 2.05) is 0 Å². The maximum absolute atomic E-state index is 10.2. The van der Waals surface area contributed by atoms with Crippen molar-refractivity contribution < 1.29 is 59.4 Å². The van der Waals surface area contributed by atoms with Crippen LogP contribution in [0.15, 0.2) is 0 Å². The molecule has 0 amide bonds. The van der Waals surface area contributed by atoms with E-state index in [2.05, 4.69) is 74.5 Å². The Labute approximate surface area is 254 Å². The second kappa shape index (κ2) is 26.6. The molecule has 0 saturated carbocycles. The van der Waals surface area contributed by atoms with Gasteiger partial charge in [-0.05, 0) is 0 Å². The van der Waals surface area contributed by atoms with E-state index >= 15 is 0 Å². The number of hydrogen-bond donors (Lipinski definition) is 9. The van der Waals surface area contributed by atoms with E-state index in [0.717, 1.165) is 14.7 Å². The van der Waals surface area contributed by atoms with Crippen LogP contribution in [0.2, 0.25) is 0 Å². The molecule has 18 N–H and O–H groups in total. The Kier molecular flexibility index (Phi) is 33.5. The highest BCUT2D eigenvalue weighted by Gasteiger charge is 2.11. The van der Waals surface area contributed by atoms with Crippen molar-refractivity contribution in [2.45, 2.75) is 0 Å². The average Bonchev–Trinajstić information content (AvgIpc) is 2.65. The van der Waals surface area contributed by atoms with Crippen LogP contribution in [-0.2, 0) is 66.7 Å². The summed E-state index contributed by atoms with van der Waals surface area (Å²) in [6.07, 6.45) is 0. The highest BCUT2D eigenvalue weighted by molar-refractivity contribution is 8.00. The molecule has 0 saturated heterocycles. The first-order chi connectivity index (χ1) is 16.3. The molecule has 0 aromatic rings. The summed E-state index contributed by atoms with van der Waals surface area (Å²) in [4.78, 5) is 63.7. The van der Waals surface area contributed by atoms with Crippen LogP contribution in [0.25, 0.3) is 0 Å². The lowest BCUT2D eigenvalue weighted by Gasteiger charge is -2.23. The lowest BCUT2D eigenvalue weighted by molar-refractivity contribution is -0.141. The van der Waals surface area contributed by atoms with Gasteiger partial charge in [-0.3, -0.25) is 28.8 Å². The van der Waals surface area contributed by atoms with Crippen molar-refractivity contribution in [2.75, 3.05) is 39.3 Å². The minimum atomic E-state index is -1.16. The number of carboxylic acids is 6. The summed E-state index contributed by atoms with van der Waals surface area (Å²) in [6.45, 7) is -2.87. The molecule has 18 nitrogen and oxygen atoms in total. The Hall–Kier alpha value is -2.97. The number of carbonyl (C=O) groups is 6. The van der Waals surface area contributed by atoms with Crippen molar-refractivity contribution in [3.05, 3.63) is 0 Å². The first kappa shape index (κ1) is 49.0. The molecule has 0 aliphatic carbocycles. The monoisotopic (exact) mass is 678 g/mol. The lowest BCUT2D eigenvalue weighted by Crippen LogP contribution is -2.37. The lowest BCUT2D eigenvalue weighted by atomic mass is 10.5. The summed E-state index contributed by atoms with van der Waals surface area (Å²) in [5.74, 6) is -6.98. The molecule has 0 aromatic carbocycles. The molecular weight excluding hydrogens is 649 g/mol. The zero-order chi connectivity index (χ0) is 29.2. The number of quaternary nitrogens is 3. The van der Waals surface area contributed by atoms with Crippen molar-refractivity contribution in [3.63, 3.8) is 0 Å². The predicted molar refractivity (Wildman–Crippen MR) is 158 cm³/mol. The fourth-order valence-electron chi connectivity index (χ4n) is 1.53. The summed E-state index contributed by atoms with van der Waals surface area (Å²) in [5, 5.41) is 49.8. The molecule has 0 radical (unpaired) electrons. The molecule has 0 aliphatic rings. The third-order valence-electron chi connectivity index (χ3n) is 2.73. The van der Waals surface area contributed by atoms with E-state index in [-0.39, 0.29) is 31.4 Å². The molecule has 0 bridgehead atoms. The summed E-state index contributed by atoms with van der Waals surface area (Å²) >= 11 is 26.8. The predicted octanol–water partition coefficient (Wildman–Crippen LogP) is -1.00. The number of rotatable bonds is 12.